The van der Waals surface area contributed by atoms with E-state index >= 15 is 0 Å². The Morgan fingerprint density at radius 1 is 1.07 bits per heavy atom. The third kappa shape index (κ3) is 4.81. The number of rotatable bonds is 5. The summed E-state index contributed by atoms with van der Waals surface area (Å²) in [6.45, 7) is 1.36. The minimum absolute atomic E-state index is 0.0635. The minimum Gasteiger partial charge on any atom is -0.379 e. The molecule has 0 atom stereocenters. The van der Waals surface area contributed by atoms with Gasteiger partial charge < -0.3 is 15.4 Å². The first kappa shape index (κ1) is 20.1. The maximum atomic E-state index is 12.7. The SMILES string of the molecule is O=[N+]([O-])c1cccc(NC(=S)Nc2cccc(S(=O)(=O)N3CCOCC3)c2)c1. The highest BCUT2D eigenvalue weighted by molar-refractivity contribution is 7.89. The Hall–Kier alpha value is -2.60. The molecule has 9 nitrogen and oxygen atoms in total. The molecule has 1 aliphatic rings. The van der Waals surface area contributed by atoms with Gasteiger partial charge in [-0.2, -0.15) is 4.31 Å². The molecule has 1 fully saturated rings. The summed E-state index contributed by atoms with van der Waals surface area (Å²) in [6.07, 6.45) is 0. The molecule has 0 spiro atoms. The van der Waals surface area contributed by atoms with Gasteiger partial charge in [-0.15, -0.1) is 0 Å². The first-order chi connectivity index (χ1) is 13.4. The van der Waals surface area contributed by atoms with Crippen molar-refractivity contribution < 1.29 is 18.1 Å². The third-order valence-electron chi connectivity index (χ3n) is 4.01. The quantitative estimate of drug-likeness (QED) is 0.429. The number of nitrogens with one attached hydrogen (secondary N) is 2. The standard InChI is InChI=1S/C17H18N4O5S2/c22-21(23)15-5-1-3-13(11-15)18-17(27)19-14-4-2-6-16(12-14)28(24,25)20-7-9-26-10-8-20/h1-6,11-12H,7-10H2,(H2,18,19,27). The lowest BCUT2D eigenvalue weighted by molar-refractivity contribution is -0.384. The molecule has 2 aromatic carbocycles. The largest absolute Gasteiger partial charge is 0.379 e. The van der Waals surface area contributed by atoms with E-state index in [-0.39, 0.29) is 15.7 Å². The van der Waals surface area contributed by atoms with Crippen LogP contribution < -0.4 is 10.6 Å². The van der Waals surface area contributed by atoms with Gasteiger partial charge in [-0.3, -0.25) is 10.1 Å². The number of anilines is 2. The van der Waals surface area contributed by atoms with E-state index in [4.69, 9.17) is 17.0 Å². The van der Waals surface area contributed by atoms with E-state index in [1.165, 1.54) is 28.6 Å². The van der Waals surface area contributed by atoms with Gasteiger partial charge in [0.05, 0.1) is 23.0 Å². The number of nitro benzene ring substituents is 1. The fourth-order valence-corrected chi connectivity index (χ4v) is 4.35. The van der Waals surface area contributed by atoms with Crippen molar-refractivity contribution in [2.75, 3.05) is 36.9 Å². The molecule has 11 heteroatoms. The highest BCUT2D eigenvalue weighted by Gasteiger charge is 2.26. The zero-order chi connectivity index (χ0) is 20.1. The molecule has 0 amide bonds. The van der Waals surface area contributed by atoms with Crippen LogP contribution in [0.4, 0.5) is 17.1 Å². The summed E-state index contributed by atoms with van der Waals surface area (Å²) < 4.78 is 32.1. The molecule has 0 bridgehead atoms. The molecule has 0 unspecified atom stereocenters. The molecular weight excluding hydrogens is 404 g/mol. The number of nitrogens with zero attached hydrogens (tertiary/aromatic N) is 2. The maximum absolute atomic E-state index is 12.7. The predicted octanol–water partition coefficient (Wildman–Crippen LogP) is 2.42. The molecule has 2 aromatic rings. The lowest BCUT2D eigenvalue weighted by atomic mass is 10.3. The number of benzene rings is 2. The zero-order valence-electron chi connectivity index (χ0n) is 14.7. The lowest BCUT2D eigenvalue weighted by Crippen LogP contribution is -2.40. The summed E-state index contributed by atoms with van der Waals surface area (Å²) >= 11 is 5.22. The van der Waals surface area contributed by atoms with Crippen molar-refractivity contribution in [1.82, 2.24) is 4.31 Å². The Morgan fingerprint density at radius 2 is 1.68 bits per heavy atom. The molecule has 0 aliphatic carbocycles. The van der Waals surface area contributed by atoms with Crippen LogP contribution in [0.25, 0.3) is 0 Å². The molecule has 1 saturated heterocycles. The summed E-state index contributed by atoms with van der Waals surface area (Å²) in [7, 11) is -3.62. The van der Waals surface area contributed by atoms with Crippen LogP contribution in [-0.4, -0.2) is 49.1 Å². The van der Waals surface area contributed by atoms with E-state index in [2.05, 4.69) is 10.6 Å². The summed E-state index contributed by atoms with van der Waals surface area (Å²) in [5.74, 6) is 0. The topological polar surface area (TPSA) is 114 Å². The molecule has 148 valence electrons. The van der Waals surface area contributed by atoms with Gasteiger partial charge in [0.25, 0.3) is 5.69 Å². The van der Waals surface area contributed by atoms with E-state index in [0.717, 1.165) is 0 Å². The van der Waals surface area contributed by atoms with Crippen molar-refractivity contribution in [3.63, 3.8) is 0 Å². The van der Waals surface area contributed by atoms with E-state index in [0.29, 0.717) is 37.7 Å². The number of non-ortho nitro benzene ring substituents is 1. The van der Waals surface area contributed by atoms with Crippen molar-refractivity contribution in [2.45, 2.75) is 4.90 Å². The number of nitro groups is 1. The molecule has 3 rings (SSSR count). The fourth-order valence-electron chi connectivity index (χ4n) is 2.66. The molecule has 0 aromatic heterocycles. The zero-order valence-corrected chi connectivity index (χ0v) is 16.3. The van der Waals surface area contributed by atoms with Gasteiger partial charge in [-0.05, 0) is 36.5 Å². The second-order valence-electron chi connectivity index (χ2n) is 5.93. The highest BCUT2D eigenvalue weighted by Crippen LogP contribution is 2.21. The van der Waals surface area contributed by atoms with E-state index < -0.39 is 14.9 Å². The second kappa shape index (κ2) is 8.61. The van der Waals surface area contributed by atoms with Crippen LogP contribution in [0.5, 0.6) is 0 Å². The maximum Gasteiger partial charge on any atom is 0.271 e. The number of ether oxygens (including phenoxy) is 1. The number of sulfonamides is 1. The summed E-state index contributed by atoms with van der Waals surface area (Å²) in [5, 5.41) is 16.8. The van der Waals surface area contributed by atoms with E-state index in [1.54, 1.807) is 24.3 Å². The molecular formula is C17H18N4O5S2. The van der Waals surface area contributed by atoms with Crippen LogP contribution in [-0.2, 0) is 14.8 Å². The Morgan fingerprint density at radius 3 is 2.32 bits per heavy atom. The third-order valence-corrected chi connectivity index (χ3v) is 6.11. The van der Waals surface area contributed by atoms with Crippen LogP contribution in [0.2, 0.25) is 0 Å². The monoisotopic (exact) mass is 422 g/mol. The number of thiocarbonyl (C=S) groups is 1. The number of hydrogen-bond donors (Lipinski definition) is 2. The average molecular weight is 422 g/mol. The highest BCUT2D eigenvalue weighted by atomic mass is 32.2. The van der Waals surface area contributed by atoms with Gasteiger partial charge in [0, 0.05) is 36.6 Å². The summed E-state index contributed by atoms with van der Waals surface area (Å²) in [6, 6.07) is 12.2. The predicted molar refractivity (Wildman–Crippen MR) is 109 cm³/mol. The number of morpholine rings is 1. The van der Waals surface area contributed by atoms with Crippen molar-refractivity contribution in [1.29, 1.82) is 0 Å². The smallest absolute Gasteiger partial charge is 0.271 e. The van der Waals surface area contributed by atoms with Crippen LogP contribution in [0.1, 0.15) is 0 Å². The normalized spacial score (nSPS) is 15.0. The Kier molecular flexibility index (Phi) is 6.19. The van der Waals surface area contributed by atoms with Crippen LogP contribution in [0, 0.1) is 10.1 Å². The van der Waals surface area contributed by atoms with Crippen molar-refractivity contribution >= 4 is 44.4 Å². The minimum atomic E-state index is -3.62. The van der Waals surface area contributed by atoms with Gasteiger partial charge in [0.15, 0.2) is 5.11 Å². The Bertz CT molecular complexity index is 991. The van der Waals surface area contributed by atoms with Gasteiger partial charge in [-0.25, -0.2) is 8.42 Å². The Balaban J connectivity index is 1.71. The van der Waals surface area contributed by atoms with Gasteiger partial charge >= 0.3 is 0 Å². The fraction of sp³-hybridized carbons (Fsp3) is 0.235. The number of hydrogen-bond acceptors (Lipinski definition) is 6. The van der Waals surface area contributed by atoms with Gasteiger partial charge in [0.1, 0.15) is 0 Å². The second-order valence-corrected chi connectivity index (χ2v) is 8.28. The lowest BCUT2D eigenvalue weighted by Gasteiger charge is -2.26. The van der Waals surface area contributed by atoms with Crippen molar-refractivity contribution in [2.24, 2.45) is 0 Å². The van der Waals surface area contributed by atoms with Gasteiger partial charge in [0.2, 0.25) is 10.0 Å². The van der Waals surface area contributed by atoms with Gasteiger partial charge in [-0.1, -0.05) is 12.1 Å². The molecule has 1 aliphatic heterocycles. The van der Waals surface area contributed by atoms with Crippen molar-refractivity contribution in [3.8, 4) is 0 Å². The Labute approximate surface area is 167 Å². The molecule has 0 saturated carbocycles. The van der Waals surface area contributed by atoms with E-state index in [1.807, 2.05) is 0 Å². The average Bonchev–Trinajstić information content (AvgIpc) is 2.69. The summed E-state index contributed by atoms with van der Waals surface area (Å²) in [5.41, 5.74) is 0.868. The molecule has 28 heavy (non-hydrogen) atoms. The first-order valence-electron chi connectivity index (χ1n) is 8.37. The van der Waals surface area contributed by atoms with Crippen molar-refractivity contribution in [3.05, 3.63) is 58.6 Å². The van der Waals surface area contributed by atoms with Crippen LogP contribution in [0.3, 0.4) is 0 Å². The van der Waals surface area contributed by atoms with Crippen LogP contribution in [0.15, 0.2) is 53.4 Å². The molecule has 2 N–H and O–H groups in total. The van der Waals surface area contributed by atoms with Crippen LogP contribution >= 0.6 is 12.2 Å². The van der Waals surface area contributed by atoms with E-state index in [9.17, 15) is 18.5 Å². The first-order valence-corrected chi connectivity index (χ1v) is 10.2. The molecule has 1 heterocycles. The molecule has 0 radical (unpaired) electrons. The summed E-state index contributed by atoms with van der Waals surface area (Å²) in [4.78, 5) is 10.5.